The van der Waals surface area contributed by atoms with Gasteiger partial charge in [-0.2, -0.15) is 0 Å². The molecule has 1 N–H and O–H groups in total. The SMILES string of the molecule is CCCCC(C)n1cc[nH]c1=O. The van der Waals surface area contributed by atoms with Crippen molar-refractivity contribution >= 4 is 0 Å². The molecule has 1 unspecified atom stereocenters. The summed E-state index contributed by atoms with van der Waals surface area (Å²) in [5, 5.41) is 0. The second kappa shape index (κ2) is 4.14. The molecule has 3 heteroatoms. The molecule has 0 aliphatic rings. The number of hydrogen-bond donors (Lipinski definition) is 1. The van der Waals surface area contributed by atoms with E-state index >= 15 is 0 Å². The number of rotatable bonds is 4. The van der Waals surface area contributed by atoms with Crippen molar-refractivity contribution in [2.24, 2.45) is 0 Å². The first-order valence-electron chi connectivity index (χ1n) is 4.51. The first-order valence-corrected chi connectivity index (χ1v) is 4.51. The fraction of sp³-hybridized carbons (Fsp3) is 0.667. The lowest BCUT2D eigenvalue weighted by molar-refractivity contribution is 0.474. The Morgan fingerprint density at radius 1 is 1.67 bits per heavy atom. The third-order valence-corrected chi connectivity index (χ3v) is 2.13. The Labute approximate surface area is 72.4 Å². The van der Waals surface area contributed by atoms with Gasteiger partial charge in [0.2, 0.25) is 0 Å². The van der Waals surface area contributed by atoms with Crippen LogP contribution in [0.5, 0.6) is 0 Å². The van der Waals surface area contributed by atoms with Crippen LogP contribution >= 0.6 is 0 Å². The van der Waals surface area contributed by atoms with Crippen molar-refractivity contribution in [3.8, 4) is 0 Å². The molecule has 0 spiro atoms. The zero-order valence-electron chi connectivity index (χ0n) is 7.71. The largest absolute Gasteiger partial charge is 0.325 e. The Hall–Kier alpha value is -0.990. The molecule has 0 fully saturated rings. The number of nitrogens with one attached hydrogen (secondary N) is 1. The summed E-state index contributed by atoms with van der Waals surface area (Å²) in [5.41, 5.74) is -0.00129. The minimum atomic E-state index is -0.00129. The highest BCUT2D eigenvalue weighted by atomic mass is 16.1. The number of H-pyrrole nitrogens is 1. The van der Waals surface area contributed by atoms with E-state index in [1.165, 1.54) is 12.8 Å². The molecule has 0 aromatic carbocycles. The van der Waals surface area contributed by atoms with Crippen molar-refractivity contribution in [1.29, 1.82) is 0 Å². The highest BCUT2D eigenvalue weighted by Crippen LogP contribution is 2.10. The molecule has 0 aliphatic carbocycles. The van der Waals surface area contributed by atoms with Crippen LogP contribution < -0.4 is 5.69 Å². The van der Waals surface area contributed by atoms with Gasteiger partial charge in [-0.25, -0.2) is 4.79 Å². The topological polar surface area (TPSA) is 37.8 Å². The van der Waals surface area contributed by atoms with Gasteiger partial charge in [0.15, 0.2) is 0 Å². The third-order valence-electron chi connectivity index (χ3n) is 2.13. The van der Waals surface area contributed by atoms with Crippen molar-refractivity contribution in [2.75, 3.05) is 0 Å². The fourth-order valence-electron chi connectivity index (χ4n) is 1.32. The van der Waals surface area contributed by atoms with Gasteiger partial charge in [0.25, 0.3) is 0 Å². The lowest BCUT2D eigenvalue weighted by atomic mass is 10.1. The minimum absolute atomic E-state index is 0.00129. The number of aromatic nitrogens is 2. The van der Waals surface area contributed by atoms with E-state index in [-0.39, 0.29) is 5.69 Å². The van der Waals surface area contributed by atoms with E-state index in [1.54, 1.807) is 10.8 Å². The molecule has 3 nitrogen and oxygen atoms in total. The number of hydrogen-bond acceptors (Lipinski definition) is 1. The third kappa shape index (κ3) is 2.00. The molecule has 0 aliphatic heterocycles. The van der Waals surface area contributed by atoms with Crippen molar-refractivity contribution < 1.29 is 0 Å². The molecular formula is C9H16N2O. The fourth-order valence-corrected chi connectivity index (χ4v) is 1.32. The second-order valence-corrected chi connectivity index (χ2v) is 3.16. The van der Waals surface area contributed by atoms with Gasteiger partial charge in [-0.15, -0.1) is 0 Å². The summed E-state index contributed by atoms with van der Waals surface area (Å²) in [5.74, 6) is 0. The van der Waals surface area contributed by atoms with Gasteiger partial charge < -0.3 is 4.98 Å². The normalized spacial score (nSPS) is 13.2. The van der Waals surface area contributed by atoms with Gasteiger partial charge in [0.05, 0.1) is 0 Å². The van der Waals surface area contributed by atoms with Gasteiger partial charge in [-0.3, -0.25) is 4.57 Å². The maximum atomic E-state index is 11.1. The zero-order chi connectivity index (χ0) is 8.97. The number of nitrogens with zero attached hydrogens (tertiary/aromatic N) is 1. The monoisotopic (exact) mass is 168 g/mol. The van der Waals surface area contributed by atoms with Crippen LogP contribution in [0.4, 0.5) is 0 Å². The molecule has 1 rings (SSSR count). The lowest BCUT2D eigenvalue weighted by Crippen LogP contribution is -2.19. The van der Waals surface area contributed by atoms with Crippen LogP contribution in [0, 0.1) is 0 Å². The molecule has 0 bridgehead atoms. The van der Waals surface area contributed by atoms with E-state index in [0.717, 1.165) is 6.42 Å². The van der Waals surface area contributed by atoms with E-state index in [0.29, 0.717) is 6.04 Å². The predicted molar refractivity (Wildman–Crippen MR) is 49.3 cm³/mol. The summed E-state index contributed by atoms with van der Waals surface area (Å²) in [7, 11) is 0. The van der Waals surface area contributed by atoms with E-state index in [2.05, 4.69) is 18.8 Å². The van der Waals surface area contributed by atoms with E-state index in [4.69, 9.17) is 0 Å². The van der Waals surface area contributed by atoms with Crippen LogP contribution in [0.1, 0.15) is 39.2 Å². The first-order chi connectivity index (χ1) is 5.75. The highest BCUT2D eigenvalue weighted by Gasteiger charge is 2.04. The Morgan fingerprint density at radius 3 is 2.92 bits per heavy atom. The minimum Gasteiger partial charge on any atom is -0.313 e. The molecule has 0 amide bonds. The molecule has 1 aromatic rings. The summed E-state index contributed by atoms with van der Waals surface area (Å²) in [6.45, 7) is 4.23. The van der Waals surface area contributed by atoms with Crippen LogP contribution in [-0.4, -0.2) is 9.55 Å². The van der Waals surface area contributed by atoms with Gasteiger partial charge in [0, 0.05) is 18.4 Å². The summed E-state index contributed by atoms with van der Waals surface area (Å²) >= 11 is 0. The first kappa shape index (κ1) is 9.10. The average Bonchev–Trinajstić information content (AvgIpc) is 2.47. The lowest BCUT2D eigenvalue weighted by Gasteiger charge is -2.10. The highest BCUT2D eigenvalue weighted by molar-refractivity contribution is 4.79. The number of imidazole rings is 1. The molecule has 0 radical (unpaired) electrons. The molecule has 1 heterocycles. The molecule has 12 heavy (non-hydrogen) atoms. The summed E-state index contributed by atoms with van der Waals surface area (Å²) < 4.78 is 1.75. The van der Waals surface area contributed by atoms with Crippen molar-refractivity contribution in [3.63, 3.8) is 0 Å². The van der Waals surface area contributed by atoms with Crippen molar-refractivity contribution in [3.05, 3.63) is 22.9 Å². The Bertz CT molecular complexity index is 274. The van der Waals surface area contributed by atoms with Gasteiger partial charge in [-0.05, 0) is 13.3 Å². The van der Waals surface area contributed by atoms with Gasteiger partial charge in [0.1, 0.15) is 0 Å². The molecule has 0 saturated carbocycles. The summed E-state index contributed by atoms with van der Waals surface area (Å²) in [6.07, 6.45) is 6.93. The van der Waals surface area contributed by atoms with Crippen molar-refractivity contribution in [1.82, 2.24) is 9.55 Å². The van der Waals surface area contributed by atoms with Gasteiger partial charge in [-0.1, -0.05) is 19.8 Å². The quantitative estimate of drug-likeness (QED) is 0.732. The summed E-state index contributed by atoms with van der Waals surface area (Å²) in [6, 6.07) is 0.323. The van der Waals surface area contributed by atoms with Crippen LogP contribution in [0.3, 0.4) is 0 Å². The molecular weight excluding hydrogens is 152 g/mol. The molecule has 1 atom stereocenters. The predicted octanol–water partition coefficient (Wildman–Crippen LogP) is 1.93. The Balaban J connectivity index is 2.59. The zero-order valence-corrected chi connectivity index (χ0v) is 7.71. The standard InChI is InChI=1S/C9H16N2O/c1-3-4-5-8(2)11-7-6-10-9(11)12/h6-8H,3-5H2,1-2H3,(H,10,12). The smallest absolute Gasteiger partial charge is 0.313 e. The maximum Gasteiger partial charge on any atom is 0.325 e. The molecule has 68 valence electrons. The van der Waals surface area contributed by atoms with E-state index in [9.17, 15) is 4.79 Å². The Kier molecular flexibility index (Phi) is 3.14. The number of unbranched alkanes of at least 4 members (excludes halogenated alkanes) is 1. The van der Waals surface area contributed by atoms with Crippen molar-refractivity contribution in [2.45, 2.75) is 39.2 Å². The van der Waals surface area contributed by atoms with Crippen LogP contribution in [-0.2, 0) is 0 Å². The second-order valence-electron chi connectivity index (χ2n) is 3.16. The molecule has 1 aromatic heterocycles. The Morgan fingerprint density at radius 2 is 2.42 bits per heavy atom. The van der Waals surface area contributed by atoms with E-state index < -0.39 is 0 Å². The molecule has 0 saturated heterocycles. The number of aromatic amines is 1. The summed E-state index contributed by atoms with van der Waals surface area (Å²) in [4.78, 5) is 13.8. The van der Waals surface area contributed by atoms with Crippen LogP contribution in [0.2, 0.25) is 0 Å². The maximum absolute atomic E-state index is 11.1. The van der Waals surface area contributed by atoms with Crippen LogP contribution in [0.25, 0.3) is 0 Å². The van der Waals surface area contributed by atoms with E-state index in [1.807, 2.05) is 6.20 Å². The van der Waals surface area contributed by atoms with Crippen LogP contribution in [0.15, 0.2) is 17.2 Å². The average molecular weight is 168 g/mol. The van der Waals surface area contributed by atoms with Gasteiger partial charge >= 0.3 is 5.69 Å².